The zero-order chi connectivity index (χ0) is 40.5. The second-order valence-corrected chi connectivity index (χ2v) is 16.6. The van der Waals surface area contributed by atoms with Crippen molar-refractivity contribution in [2.45, 2.75) is 122 Å². The highest BCUT2D eigenvalue weighted by molar-refractivity contribution is 5.97. The predicted octanol–water partition coefficient (Wildman–Crippen LogP) is 7.22. The van der Waals surface area contributed by atoms with Crippen molar-refractivity contribution in [3.8, 4) is 0 Å². The number of benzene rings is 2. The normalized spacial score (nSPS) is 27.8. The second-order valence-electron chi connectivity index (χ2n) is 16.6. The van der Waals surface area contributed by atoms with Gasteiger partial charge in [-0.2, -0.15) is 0 Å². The summed E-state index contributed by atoms with van der Waals surface area (Å²) in [6, 6.07) is 16.2. The van der Waals surface area contributed by atoms with Crippen LogP contribution in [0.4, 0.5) is 0 Å². The Morgan fingerprint density at radius 2 is 1.82 bits per heavy atom. The number of aryl methyl sites for hydroxylation is 1. The van der Waals surface area contributed by atoms with Crippen LogP contribution in [0.3, 0.4) is 0 Å². The summed E-state index contributed by atoms with van der Waals surface area (Å²) < 4.78 is 0. The van der Waals surface area contributed by atoms with E-state index in [1.807, 2.05) is 49.4 Å². The maximum atomic E-state index is 14.1. The summed E-state index contributed by atoms with van der Waals surface area (Å²) >= 11 is 0. The molecule has 7 N–H and O–H groups in total. The summed E-state index contributed by atoms with van der Waals surface area (Å²) in [4.78, 5) is 26.4. The molecule has 6 unspecified atom stereocenters. The topological polar surface area (TPSA) is 153 Å². The number of hydrogen-bond donors (Lipinski definition) is 6. The number of allylic oxidation sites excluding steroid dienone is 8. The van der Waals surface area contributed by atoms with Crippen molar-refractivity contribution in [3.63, 3.8) is 0 Å². The minimum atomic E-state index is -1.24. The van der Waals surface area contributed by atoms with Crippen LogP contribution in [0.25, 0.3) is 0 Å². The van der Waals surface area contributed by atoms with E-state index in [2.05, 4.69) is 49.2 Å². The first-order valence-electron chi connectivity index (χ1n) is 20.6. The van der Waals surface area contributed by atoms with Crippen molar-refractivity contribution in [1.29, 1.82) is 0 Å². The molecule has 6 atom stereocenters. The molecule has 1 amide bonds. The average Bonchev–Trinajstić information content (AvgIpc) is 3.51. The fourth-order valence-corrected chi connectivity index (χ4v) is 9.84. The Morgan fingerprint density at radius 1 is 1.05 bits per heavy atom. The van der Waals surface area contributed by atoms with Crippen molar-refractivity contribution >= 4 is 11.7 Å². The van der Waals surface area contributed by atoms with E-state index in [1.54, 1.807) is 6.92 Å². The highest BCUT2D eigenvalue weighted by Crippen LogP contribution is 2.63. The van der Waals surface area contributed by atoms with Gasteiger partial charge in [-0.1, -0.05) is 96.1 Å². The number of carbonyl (C=O) groups excluding carboxylic acids is 2. The van der Waals surface area contributed by atoms with E-state index in [0.29, 0.717) is 49.7 Å². The smallest absolute Gasteiger partial charge is 0.225 e. The van der Waals surface area contributed by atoms with Crippen LogP contribution in [0, 0.1) is 17.3 Å². The van der Waals surface area contributed by atoms with Gasteiger partial charge >= 0.3 is 0 Å². The monoisotopic (exact) mass is 764 g/mol. The van der Waals surface area contributed by atoms with Crippen LogP contribution < -0.4 is 11.1 Å². The van der Waals surface area contributed by atoms with E-state index in [0.717, 1.165) is 59.9 Å². The molecule has 302 valence electrons. The average molecular weight is 765 g/mol. The zero-order valence-corrected chi connectivity index (χ0v) is 33.7. The van der Waals surface area contributed by atoms with Gasteiger partial charge in [0.05, 0.1) is 24.7 Å². The minimum Gasteiger partial charge on any atom is -0.396 e. The summed E-state index contributed by atoms with van der Waals surface area (Å²) in [5.74, 6) is -0.983. The SMILES string of the molecule is C=C(C=CC=C(CO)C1CCC2(C(CCCO)C(=C(C)C(=O)Cc3cccc4c3CC(=O)NC4N)CCC2(C)O)C1O)CCC=C(C)CCCc1ccccc1. The van der Waals surface area contributed by atoms with Crippen molar-refractivity contribution in [2.75, 3.05) is 13.2 Å². The summed E-state index contributed by atoms with van der Waals surface area (Å²) in [7, 11) is 0. The van der Waals surface area contributed by atoms with Crippen LogP contribution in [-0.2, 0) is 28.9 Å². The molecule has 2 aromatic rings. The molecular weight excluding hydrogens is 701 g/mol. The molecule has 3 aliphatic rings. The number of hydrogen-bond acceptors (Lipinski definition) is 7. The lowest BCUT2D eigenvalue weighted by molar-refractivity contribution is -0.167. The lowest BCUT2D eigenvalue weighted by Crippen LogP contribution is -2.59. The van der Waals surface area contributed by atoms with Gasteiger partial charge in [0.15, 0.2) is 5.78 Å². The number of nitrogens with two attached hydrogens (primary N) is 1. The molecule has 5 rings (SSSR count). The molecule has 0 radical (unpaired) electrons. The van der Waals surface area contributed by atoms with Gasteiger partial charge in [0.25, 0.3) is 0 Å². The van der Waals surface area contributed by atoms with Gasteiger partial charge in [-0.25, -0.2) is 0 Å². The lowest BCUT2D eigenvalue weighted by Gasteiger charge is -2.55. The Kier molecular flexibility index (Phi) is 15.0. The summed E-state index contributed by atoms with van der Waals surface area (Å²) in [6.07, 6.45) is 14.6. The van der Waals surface area contributed by atoms with E-state index in [-0.39, 0.29) is 49.6 Å². The molecule has 2 saturated carbocycles. The van der Waals surface area contributed by atoms with Gasteiger partial charge in [-0.15, -0.1) is 0 Å². The number of nitrogens with one attached hydrogen (secondary N) is 1. The number of amides is 1. The Hall–Kier alpha value is -3.92. The van der Waals surface area contributed by atoms with Gasteiger partial charge in [-0.05, 0) is 131 Å². The molecule has 2 fully saturated rings. The first-order valence-corrected chi connectivity index (χ1v) is 20.6. The Bertz CT molecular complexity index is 1840. The van der Waals surface area contributed by atoms with E-state index in [9.17, 15) is 30.0 Å². The molecule has 56 heavy (non-hydrogen) atoms. The van der Waals surface area contributed by atoms with Crippen LogP contribution in [0.15, 0.2) is 107 Å². The van der Waals surface area contributed by atoms with Crippen LogP contribution in [0.1, 0.15) is 113 Å². The van der Waals surface area contributed by atoms with Gasteiger partial charge < -0.3 is 31.5 Å². The van der Waals surface area contributed by atoms with Crippen molar-refractivity contribution in [1.82, 2.24) is 5.32 Å². The van der Waals surface area contributed by atoms with E-state index < -0.39 is 23.3 Å². The van der Waals surface area contributed by atoms with Crippen LogP contribution in [0.5, 0.6) is 0 Å². The number of carbonyl (C=O) groups is 2. The number of ketones is 1. The fraction of sp³-hybridized carbons (Fsp3) is 0.500. The van der Waals surface area contributed by atoms with Crippen molar-refractivity contribution < 1.29 is 30.0 Å². The van der Waals surface area contributed by atoms with E-state index in [4.69, 9.17) is 5.73 Å². The predicted molar refractivity (Wildman–Crippen MR) is 223 cm³/mol. The molecule has 0 saturated heterocycles. The number of aliphatic hydroxyl groups is 4. The standard InChI is InChI=1S/C48H64N2O6/c1-32(15-9-19-35-17-6-5-7-18-35)13-8-14-33(2)16-10-21-37(31-52)39-25-27-48(45(39)55)42(23-12-28-51)38(24-26-47(48,4)56)34(3)43(53)29-36-20-11-22-40-41(36)30-44(54)50-46(40)49/h5-7,10-11,13,16-18,20-22,39,42,45-46,51-52,55-56H,2,8-9,12,14-15,19,23-31,49H2,1,3-4H3,(H,50,54). The largest absolute Gasteiger partial charge is 0.396 e. The van der Waals surface area contributed by atoms with E-state index in [1.165, 1.54) is 11.1 Å². The fourth-order valence-electron chi connectivity index (χ4n) is 9.84. The molecule has 8 heteroatoms. The van der Waals surface area contributed by atoms with Gasteiger partial charge in [0, 0.05) is 24.4 Å². The van der Waals surface area contributed by atoms with Crippen LogP contribution in [-0.4, -0.2) is 57.0 Å². The Labute approximate surface area is 334 Å². The van der Waals surface area contributed by atoms with E-state index >= 15 is 0 Å². The van der Waals surface area contributed by atoms with Crippen molar-refractivity contribution in [3.05, 3.63) is 130 Å². The number of rotatable bonds is 17. The quantitative estimate of drug-likeness (QED) is 0.0566. The molecule has 2 aliphatic carbocycles. The minimum absolute atomic E-state index is 0.0485. The third-order valence-corrected chi connectivity index (χ3v) is 13.0. The molecule has 1 aliphatic heterocycles. The number of aliphatic hydroxyl groups excluding tert-OH is 3. The third-order valence-electron chi connectivity index (χ3n) is 13.0. The first-order chi connectivity index (χ1) is 26.8. The van der Waals surface area contributed by atoms with Gasteiger partial charge in [-0.3, -0.25) is 9.59 Å². The third kappa shape index (κ3) is 9.78. The molecule has 0 bridgehead atoms. The van der Waals surface area contributed by atoms with Crippen LogP contribution in [0.2, 0.25) is 0 Å². The molecule has 0 aromatic heterocycles. The maximum absolute atomic E-state index is 14.1. The van der Waals surface area contributed by atoms with Crippen LogP contribution >= 0.6 is 0 Å². The summed E-state index contributed by atoms with van der Waals surface area (Å²) in [6.45, 7) is 9.79. The zero-order valence-electron chi connectivity index (χ0n) is 33.7. The summed E-state index contributed by atoms with van der Waals surface area (Å²) in [5.41, 5.74) is 12.3. The lowest BCUT2D eigenvalue weighted by atomic mass is 9.52. The molecule has 1 spiro atoms. The molecule has 1 heterocycles. The summed E-state index contributed by atoms with van der Waals surface area (Å²) in [5, 5.41) is 47.8. The Morgan fingerprint density at radius 3 is 2.55 bits per heavy atom. The first kappa shape index (κ1) is 43.2. The maximum Gasteiger partial charge on any atom is 0.225 e. The molecule has 8 nitrogen and oxygen atoms in total. The Balaban J connectivity index is 1.29. The van der Waals surface area contributed by atoms with Gasteiger partial charge in [0.1, 0.15) is 6.17 Å². The second kappa shape index (κ2) is 19.5. The number of Topliss-reactive ketones (excluding diaryl/α,β-unsaturated/α-hetero) is 1. The molecule has 2 aromatic carbocycles. The molecular formula is C48H64N2O6. The highest BCUT2D eigenvalue weighted by Gasteiger charge is 2.64. The highest BCUT2D eigenvalue weighted by atomic mass is 16.3. The van der Waals surface area contributed by atoms with Crippen molar-refractivity contribution in [2.24, 2.45) is 23.0 Å². The number of fused-ring (bicyclic) bond motifs is 1. The van der Waals surface area contributed by atoms with Gasteiger partial charge in [0.2, 0.25) is 5.91 Å².